The highest BCUT2D eigenvalue weighted by Crippen LogP contribution is 2.10. The summed E-state index contributed by atoms with van der Waals surface area (Å²) in [5, 5.41) is 4.29. The van der Waals surface area contributed by atoms with Crippen LogP contribution >= 0.6 is 12.2 Å². The molecule has 0 saturated heterocycles. The third kappa shape index (κ3) is 4.74. The van der Waals surface area contributed by atoms with E-state index in [4.69, 9.17) is 17.0 Å². The van der Waals surface area contributed by atoms with Crippen LogP contribution in [0.3, 0.4) is 0 Å². The van der Waals surface area contributed by atoms with Crippen molar-refractivity contribution in [2.24, 2.45) is 13.0 Å². The van der Waals surface area contributed by atoms with Crippen molar-refractivity contribution in [3.8, 4) is 0 Å². The molecule has 6 nitrogen and oxygen atoms in total. The molecule has 1 unspecified atom stereocenters. The summed E-state index contributed by atoms with van der Waals surface area (Å²) in [6, 6.07) is 10.1. The minimum atomic E-state index is -0.221. The molecule has 0 aliphatic heterocycles. The number of carbonyl (C=O) groups excluding carboxylic acids is 1. The zero-order valence-corrected chi connectivity index (χ0v) is 14.5. The molecule has 0 amide bonds. The van der Waals surface area contributed by atoms with E-state index in [1.807, 2.05) is 32.2 Å². The number of ether oxygens (including phenoxy) is 1. The molecule has 0 saturated carbocycles. The monoisotopic (exact) mass is 334 g/mol. The smallest absolute Gasteiger partial charge is 0.309 e. The van der Waals surface area contributed by atoms with Gasteiger partial charge in [-0.2, -0.15) is 5.10 Å². The van der Waals surface area contributed by atoms with E-state index in [0.717, 1.165) is 0 Å². The number of hydrogen-bond donors (Lipinski definition) is 0. The van der Waals surface area contributed by atoms with Gasteiger partial charge in [-0.05, 0) is 17.8 Å². The fourth-order valence-corrected chi connectivity index (χ4v) is 2.54. The van der Waals surface area contributed by atoms with E-state index >= 15 is 0 Å². The standard InChI is InChI=1S/C16H22N4O2S/c1-13(15(21)22-3)9-19(10-14-7-5-4-6-8-14)12-20-16(23)18(2)11-17-20/h4-8,11,13H,9-10,12H2,1-3H3. The average molecular weight is 334 g/mol. The molecule has 0 radical (unpaired) electrons. The minimum Gasteiger partial charge on any atom is -0.469 e. The van der Waals surface area contributed by atoms with Gasteiger partial charge in [0.1, 0.15) is 6.33 Å². The Hall–Kier alpha value is -1.99. The van der Waals surface area contributed by atoms with Crippen LogP contribution in [0.4, 0.5) is 0 Å². The van der Waals surface area contributed by atoms with Crippen molar-refractivity contribution in [1.29, 1.82) is 0 Å². The number of methoxy groups -OCH3 is 1. The number of rotatable bonds is 7. The highest BCUT2D eigenvalue weighted by atomic mass is 32.1. The van der Waals surface area contributed by atoms with Gasteiger partial charge in [-0.3, -0.25) is 9.69 Å². The normalized spacial score (nSPS) is 12.3. The van der Waals surface area contributed by atoms with Crippen molar-refractivity contribution in [1.82, 2.24) is 19.2 Å². The van der Waals surface area contributed by atoms with Crippen LogP contribution in [0.25, 0.3) is 0 Å². The number of nitrogens with zero attached hydrogens (tertiary/aromatic N) is 4. The fourth-order valence-electron chi connectivity index (χ4n) is 2.38. The Bertz CT molecular complexity index is 696. The zero-order chi connectivity index (χ0) is 16.8. The van der Waals surface area contributed by atoms with Gasteiger partial charge in [-0.15, -0.1) is 0 Å². The molecule has 7 heteroatoms. The fraction of sp³-hybridized carbons (Fsp3) is 0.438. The Balaban J connectivity index is 2.15. The molecule has 0 N–H and O–H groups in total. The van der Waals surface area contributed by atoms with Gasteiger partial charge in [0.15, 0.2) is 4.77 Å². The molecule has 1 aromatic carbocycles. The molecule has 0 bridgehead atoms. The molecule has 0 spiro atoms. The molecule has 23 heavy (non-hydrogen) atoms. The van der Waals surface area contributed by atoms with Gasteiger partial charge in [0.25, 0.3) is 0 Å². The Kier molecular flexibility index (Phi) is 6.06. The Morgan fingerprint density at radius 1 is 1.39 bits per heavy atom. The van der Waals surface area contributed by atoms with E-state index in [0.29, 0.717) is 24.5 Å². The Labute approximate surface area is 141 Å². The van der Waals surface area contributed by atoms with E-state index in [2.05, 4.69) is 22.1 Å². The summed E-state index contributed by atoms with van der Waals surface area (Å²) in [7, 11) is 3.28. The number of aromatic nitrogens is 3. The maximum Gasteiger partial charge on any atom is 0.309 e. The lowest BCUT2D eigenvalue weighted by Crippen LogP contribution is -2.34. The summed E-state index contributed by atoms with van der Waals surface area (Å²) in [4.78, 5) is 13.9. The predicted molar refractivity (Wildman–Crippen MR) is 90.1 cm³/mol. The summed E-state index contributed by atoms with van der Waals surface area (Å²) in [5.74, 6) is -0.436. The van der Waals surface area contributed by atoms with Crippen LogP contribution in [-0.4, -0.2) is 38.9 Å². The van der Waals surface area contributed by atoms with Gasteiger partial charge in [-0.1, -0.05) is 37.3 Å². The molecule has 2 rings (SSSR count). The summed E-state index contributed by atoms with van der Waals surface area (Å²) >= 11 is 5.34. The summed E-state index contributed by atoms with van der Waals surface area (Å²) in [6.07, 6.45) is 1.69. The topological polar surface area (TPSA) is 52.3 Å². The molecule has 1 atom stereocenters. The lowest BCUT2D eigenvalue weighted by atomic mass is 10.1. The van der Waals surface area contributed by atoms with Crippen molar-refractivity contribution >= 4 is 18.2 Å². The van der Waals surface area contributed by atoms with Crippen LogP contribution in [0.5, 0.6) is 0 Å². The zero-order valence-electron chi connectivity index (χ0n) is 13.7. The number of hydrogen-bond acceptors (Lipinski definition) is 5. The van der Waals surface area contributed by atoms with Gasteiger partial charge in [0.05, 0.1) is 19.7 Å². The highest BCUT2D eigenvalue weighted by Gasteiger charge is 2.18. The van der Waals surface area contributed by atoms with Crippen molar-refractivity contribution < 1.29 is 9.53 Å². The van der Waals surface area contributed by atoms with Crippen LogP contribution in [0, 0.1) is 10.7 Å². The van der Waals surface area contributed by atoms with Gasteiger partial charge in [-0.25, -0.2) is 4.68 Å². The number of carbonyl (C=O) groups is 1. The van der Waals surface area contributed by atoms with Crippen molar-refractivity contribution in [3.05, 3.63) is 47.0 Å². The summed E-state index contributed by atoms with van der Waals surface area (Å²) in [5.41, 5.74) is 1.17. The molecule has 1 aromatic heterocycles. The molecule has 1 heterocycles. The first-order chi connectivity index (χ1) is 11.0. The first-order valence-corrected chi connectivity index (χ1v) is 7.84. The van der Waals surface area contributed by atoms with E-state index in [1.165, 1.54) is 12.7 Å². The second-order valence-corrected chi connectivity index (χ2v) is 5.95. The number of aryl methyl sites for hydroxylation is 1. The lowest BCUT2D eigenvalue weighted by molar-refractivity contribution is -0.145. The van der Waals surface area contributed by atoms with Crippen molar-refractivity contribution in [2.75, 3.05) is 13.7 Å². The van der Waals surface area contributed by atoms with Gasteiger partial charge < -0.3 is 9.30 Å². The maximum atomic E-state index is 11.7. The van der Waals surface area contributed by atoms with Crippen molar-refractivity contribution in [3.63, 3.8) is 0 Å². The van der Waals surface area contributed by atoms with Crippen LogP contribution in [0.15, 0.2) is 36.7 Å². The Morgan fingerprint density at radius 2 is 2.09 bits per heavy atom. The van der Waals surface area contributed by atoms with Gasteiger partial charge in [0, 0.05) is 20.1 Å². The second-order valence-electron chi connectivity index (χ2n) is 5.59. The molecule has 124 valence electrons. The van der Waals surface area contributed by atoms with E-state index in [1.54, 1.807) is 15.6 Å². The van der Waals surface area contributed by atoms with E-state index in [-0.39, 0.29) is 11.9 Å². The number of esters is 1. The molecule has 0 aliphatic rings. The third-order valence-corrected chi connectivity index (χ3v) is 4.10. The second kappa shape index (κ2) is 8.03. The van der Waals surface area contributed by atoms with Crippen LogP contribution < -0.4 is 0 Å². The first-order valence-electron chi connectivity index (χ1n) is 7.43. The molecular formula is C16H22N4O2S. The summed E-state index contributed by atoms with van der Waals surface area (Å²) < 4.78 is 9.02. The Morgan fingerprint density at radius 3 is 2.65 bits per heavy atom. The molecule has 0 fully saturated rings. The predicted octanol–water partition coefficient (Wildman–Crippen LogP) is 2.22. The first kappa shape index (κ1) is 17.4. The van der Waals surface area contributed by atoms with Gasteiger partial charge in [0.2, 0.25) is 0 Å². The molecule has 0 aliphatic carbocycles. The molecule has 2 aromatic rings. The highest BCUT2D eigenvalue weighted by molar-refractivity contribution is 7.71. The summed E-state index contributed by atoms with van der Waals surface area (Å²) in [6.45, 7) is 3.66. The maximum absolute atomic E-state index is 11.7. The van der Waals surface area contributed by atoms with Crippen molar-refractivity contribution in [2.45, 2.75) is 20.1 Å². The minimum absolute atomic E-state index is 0.215. The SMILES string of the molecule is COC(=O)C(C)CN(Cc1ccccc1)Cn1ncn(C)c1=S. The lowest BCUT2D eigenvalue weighted by Gasteiger charge is -2.24. The average Bonchev–Trinajstić information content (AvgIpc) is 2.87. The van der Waals surface area contributed by atoms with E-state index < -0.39 is 0 Å². The van der Waals surface area contributed by atoms with Gasteiger partial charge >= 0.3 is 5.97 Å². The van der Waals surface area contributed by atoms with E-state index in [9.17, 15) is 4.79 Å². The number of benzene rings is 1. The third-order valence-electron chi connectivity index (χ3n) is 3.61. The largest absolute Gasteiger partial charge is 0.469 e. The quantitative estimate of drug-likeness (QED) is 0.574. The van der Waals surface area contributed by atoms with Crippen LogP contribution in [0.1, 0.15) is 12.5 Å². The van der Waals surface area contributed by atoms with Crippen LogP contribution in [0.2, 0.25) is 0 Å². The van der Waals surface area contributed by atoms with Crippen LogP contribution in [-0.2, 0) is 29.8 Å². The molecular weight excluding hydrogens is 312 g/mol.